The molecule has 0 saturated heterocycles. The van der Waals surface area contributed by atoms with Crippen LogP contribution in [0.2, 0.25) is 0 Å². The van der Waals surface area contributed by atoms with Crippen LogP contribution < -0.4 is 0 Å². The number of amides is 1. The van der Waals surface area contributed by atoms with Crippen LogP contribution in [-0.2, 0) is 0 Å². The maximum atomic E-state index is 12.5. The fourth-order valence-corrected chi connectivity index (χ4v) is 2.05. The van der Waals surface area contributed by atoms with Crippen molar-refractivity contribution in [2.45, 2.75) is 32.9 Å². The zero-order valence-corrected chi connectivity index (χ0v) is 11.4. The average molecular weight is 261 g/mol. The lowest BCUT2D eigenvalue weighted by Gasteiger charge is -2.28. The molecule has 0 aliphatic rings. The Kier molecular flexibility index (Phi) is 3.85. The summed E-state index contributed by atoms with van der Waals surface area (Å²) in [4.78, 5) is 21.3. The summed E-state index contributed by atoms with van der Waals surface area (Å²) in [5.41, 5.74) is 2.28. The third-order valence-corrected chi connectivity index (χ3v) is 3.01. The topological polar surface area (TPSA) is 69.2 Å². The van der Waals surface area contributed by atoms with Gasteiger partial charge in [-0.1, -0.05) is 0 Å². The van der Waals surface area contributed by atoms with Crippen molar-refractivity contribution in [3.05, 3.63) is 30.1 Å². The van der Waals surface area contributed by atoms with E-state index in [1.165, 1.54) is 0 Å². The number of aliphatic hydroxyl groups is 1. The zero-order valence-electron chi connectivity index (χ0n) is 11.4. The summed E-state index contributed by atoms with van der Waals surface area (Å²) in [6, 6.07) is 5.42. The minimum absolute atomic E-state index is 0.0413. The molecular weight excluding hydrogens is 242 g/mol. The Labute approximate surface area is 112 Å². The van der Waals surface area contributed by atoms with Gasteiger partial charge in [0.2, 0.25) is 0 Å². The number of carbonyl (C=O) groups excluding carboxylic acids is 1. The predicted octanol–water partition coefficient (Wildman–Crippen LogP) is 1.79. The molecule has 0 fully saturated rings. The number of hydrogen-bond acceptors (Lipinski definition) is 3. The first kappa shape index (κ1) is 13.5. The summed E-state index contributed by atoms with van der Waals surface area (Å²) < 4.78 is 0. The van der Waals surface area contributed by atoms with Gasteiger partial charge in [0.05, 0.1) is 23.5 Å². The third-order valence-electron chi connectivity index (χ3n) is 3.01. The Morgan fingerprint density at radius 3 is 2.79 bits per heavy atom. The smallest absolute Gasteiger partial charge is 0.254 e. The molecule has 0 aliphatic carbocycles. The molecule has 1 atom stereocenters. The molecule has 5 heteroatoms. The highest BCUT2D eigenvalue weighted by Gasteiger charge is 2.20. The number of fused-ring (bicyclic) bond motifs is 1. The first-order chi connectivity index (χ1) is 8.99. The normalized spacial score (nSPS) is 12.9. The monoisotopic (exact) mass is 261 g/mol. The number of aromatic amines is 1. The van der Waals surface area contributed by atoms with E-state index in [-0.39, 0.29) is 11.9 Å². The molecule has 2 rings (SSSR count). The molecule has 0 saturated carbocycles. The van der Waals surface area contributed by atoms with Crippen LogP contribution in [0.5, 0.6) is 0 Å². The van der Waals surface area contributed by atoms with E-state index in [4.69, 9.17) is 0 Å². The second kappa shape index (κ2) is 5.40. The quantitative estimate of drug-likeness (QED) is 0.881. The molecule has 1 amide bonds. The van der Waals surface area contributed by atoms with Gasteiger partial charge in [0.25, 0.3) is 5.91 Å². The summed E-state index contributed by atoms with van der Waals surface area (Å²) in [5, 5.41) is 9.50. The Balaban J connectivity index is 2.29. The minimum atomic E-state index is -0.540. The number of imidazole rings is 1. The van der Waals surface area contributed by atoms with Crippen LogP contribution in [0.15, 0.2) is 24.5 Å². The summed E-state index contributed by atoms with van der Waals surface area (Å²) >= 11 is 0. The van der Waals surface area contributed by atoms with Crippen molar-refractivity contribution < 1.29 is 9.90 Å². The van der Waals surface area contributed by atoms with Crippen LogP contribution in [0, 0.1) is 0 Å². The van der Waals surface area contributed by atoms with E-state index >= 15 is 0 Å². The molecule has 5 nitrogen and oxygen atoms in total. The number of aliphatic hydroxyl groups excluding tert-OH is 1. The van der Waals surface area contributed by atoms with E-state index in [2.05, 4.69) is 9.97 Å². The van der Waals surface area contributed by atoms with E-state index in [1.54, 1.807) is 30.3 Å². The van der Waals surface area contributed by atoms with Crippen molar-refractivity contribution in [1.82, 2.24) is 14.9 Å². The maximum absolute atomic E-state index is 12.5. The number of nitrogens with one attached hydrogen (secondary N) is 1. The summed E-state index contributed by atoms with van der Waals surface area (Å²) in [7, 11) is 0. The van der Waals surface area contributed by atoms with E-state index in [0.717, 1.165) is 11.0 Å². The lowest BCUT2D eigenvalue weighted by atomic mass is 10.1. The van der Waals surface area contributed by atoms with Gasteiger partial charge in [-0.2, -0.15) is 0 Å². The van der Waals surface area contributed by atoms with E-state index < -0.39 is 6.10 Å². The number of nitrogens with zero attached hydrogens (tertiary/aromatic N) is 2. The Morgan fingerprint density at radius 2 is 2.16 bits per heavy atom. The standard InChI is InChI=1S/C14H19N3O2/c1-9(2)17(7-10(3)18)14(19)11-4-5-12-13(6-11)16-8-15-12/h4-6,8-10,18H,7H2,1-3H3,(H,15,16). The molecule has 2 aromatic rings. The van der Waals surface area contributed by atoms with Gasteiger partial charge in [0, 0.05) is 18.2 Å². The molecule has 0 bridgehead atoms. The molecule has 1 aromatic carbocycles. The summed E-state index contributed by atoms with van der Waals surface area (Å²) in [6.07, 6.45) is 1.07. The Bertz CT molecular complexity index is 575. The van der Waals surface area contributed by atoms with Crippen molar-refractivity contribution in [2.24, 2.45) is 0 Å². The van der Waals surface area contributed by atoms with Gasteiger partial charge < -0.3 is 15.0 Å². The molecule has 1 unspecified atom stereocenters. The lowest BCUT2D eigenvalue weighted by Crippen LogP contribution is -2.41. The van der Waals surface area contributed by atoms with Crippen LogP contribution in [0.25, 0.3) is 11.0 Å². The third kappa shape index (κ3) is 2.93. The number of hydrogen-bond donors (Lipinski definition) is 2. The van der Waals surface area contributed by atoms with Crippen molar-refractivity contribution in [2.75, 3.05) is 6.54 Å². The number of benzene rings is 1. The van der Waals surface area contributed by atoms with Gasteiger partial charge in [0.15, 0.2) is 0 Å². The fourth-order valence-electron chi connectivity index (χ4n) is 2.05. The van der Waals surface area contributed by atoms with Crippen LogP contribution in [-0.4, -0.2) is 44.6 Å². The molecule has 0 spiro atoms. The van der Waals surface area contributed by atoms with Gasteiger partial charge in [-0.25, -0.2) is 4.98 Å². The number of rotatable bonds is 4. The Hall–Kier alpha value is -1.88. The number of H-pyrrole nitrogens is 1. The van der Waals surface area contributed by atoms with Crippen LogP contribution >= 0.6 is 0 Å². The lowest BCUT2D eigenvalue weighted by molar-refractivity contribution is 0.0579. The molecule has 1 heterocycles. The van der Waals surface area contributed by atoms with Crippen molar-refractivity contribution in [3.63, 3.8) is 0 Å². The Morgan fingerprint density at radius 1 is 1.42 bits per heavy atom. The highest BCUT2D eigenvalue weighted by Crippen LogP contribution is 2.15. The molecule has 19 heavy (non-hydrogen) atoms. The predicted molar refractivity (Wildman–Crippen MR) is 73.9 cm³/mol. The van der Waals surface area contributed by atoms with Crippen LogP contribution in [0.3, 0.4) is 0 Å². The maximum Gasteiger partial charge on any atom is 0.254 e. The first-order valence-corrected chi connectivity index (χ1v) is 6.41. The number of aromatic nitrogens is 2. The molecule has 1 aromatic heterocycles. The zero-order chi connectivity index (χ0) is 14.0. The first-order valence-electron chi connectivity index (χ1n) is 6.41. The van der Waals surface area contributed by atoms with Gasteiger partial charge in [-0.15, -0.1) is 0 Å². The molecule has 0 radical (unpaired) electrons. The van der Waals surface area contributed by atoms with Gasteiger partial charge in [-0.3, -0.25) is 4.79 Å². The largest absolute Gasteiger partial charge is 0.392 e. The highest BCUT2D eigenvalue weighted by atomic mass is 16.3. The number of carbonyl (C=O) groups is 1. The summed E-state index contributed by atoms with van der Waals surface area (Å²) in [6.45, 7) is 5.89. The van der Waals surface area contributed by atoms with Gasteiger partial charge in [-0.05, 0) is 39.0 Å². The van der Waals surface area contributed by atoms with E-state index in [1.807, 2.05) is 19.9 Å². The fraction of sp³-hybridized carbons (Fsp3) is 0.429. The average Bonchev–Trinajstić information content (AvgIpc) is 2.81. The summed E-state index contributed by atoms with van der Waals surface area (Å²) in [5.74, 6) is -0.0765. The van der Waals surface area contributed by atoms with Gasteiger partial charge in [0.1, 0.15) is 0 Å². The molecular formula is C14H19N3O2. The van der Waals surface area contributed by atoms with Gasteiger partial charge >= 0.3 is 0 Å². The van der Waals surface area contributed by atoms with Crippen molar-refractivity contribution in [1.29, 1.82) is 0 Å². The molecule has 102 valence electrons. The van der Waals surface area contributed by atoms with E-state index in [0.29, 0.717) is 12.1 Å². The minimum Gasteiger partial charge on any atom is -0.392 e. The SMILES string of the molecule is CC(O)CN(C(=O)c1ccc2nc[nH]c2c1)C(C)C. The molecule has 2 N–H and O–H groups in total. The van der Waals surface area contributed by atoms with Crippen LogP contribution in [0.1, 0.15) is 31.1 Å². The second-order valence-electron chi connectivity index (χ2n) is 5.03. The van der Waals surface area contributed by atoms with Crippen molar-refractivity contribution in [3.8, 4) is 0 Å². The highest BCUT2D eigenvalue weighted by molar-refractivity contribution is 5.97. The van der Waals surface area contributed by atoms with Crippen molar-refractivity contribution >= 4 is 16.9 Å². The second-order valence-corrected chi connectivity index (χ2v) is 5.03. The van der Waals surface area contributed by atoms with Crippen LogP contribution in [0.4, 0.5) is 0 Å². The van der Waals surface area contributed by atoms with E-state index in [9.17, 15) is 9.90 Å². The molecule has 0 aliphatic heterocycles.